The van der Waals surface area contributed by atoms with Gasteiger partial charge in [-0.3, -0.25) is 0 Å². The van der Waals surface area contributed by atoms with Crippen molar-refractivity contribution in [3.63, 3.8) is 0 Å². The van der Waals surface area contributed by atoms with Crippen LogP contribution in [0, 0.1) is 5.82 Å². The highest BCUT2D eigenvalue weighted by Gasteiger charge is 2.02. The van der Waals surface area contributed by atoms with E-state index >= 15 is 0 Å². The molecule has 2 nitrogen and oxygen atoms in total. The van der Waals surface area contributed by atoms with Crippen molar-refractivity contribution in [2.75, 3.05) is 0 Å². The van der Waals surface area contributed by atoms with Gasteiger partial charge in [0.1, 0.15) is 12.4 Å². The smallest absolute Gasteiger partial charge is 0.145 e. The van der Waals surface area contributed by atoms with Gasteiger partial charge in [-0.1, -0.05) is 50.9 Å². The molecule has 2 aromatic rings. The van der Waals surface area contributed by atoms with Crippen LogP contribution in [-0.4, -0.2) is 6.21 Å². The minimum absolute atomic E-state index is 0.0865. The molecule has 0 amide bonds. The van der Waals surface area contributed by atoms with Crippen LogP contribution in [0.2, 0.25) is 5.02 Å². The van der Waals surface area contributed by atoms with Crippen molar-refractivity contribution in [2.24, 2.45) is 5.16 Å². The number of oxime groups is 1. The van der Waals surface area contributed by atoms with Crippen LogP contribution >= 0.6 is 27.5 Å². The van der Waals surface area contributed by atoms with Gasteiger partial charge >= 0.3 is 0 Å². The Balaban J connectivity index is 1.91. The second-order valence-electron chi connectivity index (χ2n) is 3.80. The number of rotatable bonds is 4. The molecule has 0 N–H and O–H groups in total. The first kappa shape index (κ1) is 14.0. The van der Waals surface area contributed by atoms with Crippen LogP contribution in [0.15, 0.2) is 52.1 Å². The lowest BCUT2D eigenvalue weighted by molar-refractivity contribution is 0.129. The fourth-order valence-corrected chi connectivity index (χ4v) is 1.85. The molecule has 98 valence electrons. The van der Waals surface area contributed by atoms with E-state index in [0.717, 1.165) is 5.56 Å². The summed E-state index contributed by atoms with van der Waals surface area (Å²) in [7, 11) is 0. The van der Waals surface area contributed by atoms with Gasteiger partial charge in [0.05, 0.1) is 6.21 Å². The first-order valence-electron chi connectivity index (χ1n) is 5.50. The lowest BCUT2D eigenvalue weighted by Gasteiger charge is -2.02. The Kier molecular flexibility index (Phi) is 4.93. The highest BCUT2D eigenvalue weighted by molar-refractivity contribution is 9.10. The number of halogens is 3. The van der Waals surface area contributed by atoms with Crippen LogP contribution in [0.5, 0.6) is 0 Å². The van der Waals surface area contributed by atoms with Gasteiger partial charge in [0, 0.05) is 15.1 Å². The molecule has 19 heavy (non-hydrogen) atoms. The average Bonchev–Trinajstić information content (AvgIpc) is 2.39. The third-order valence-electron chi connectivity index (χ3n) is 2.38. The second-order valence-corrected chi connectivity index (χ2v) is 5.15. The largest absolute Gasteiger partial charge is 0.391 e. The van der Waals surface area contributed by atoms with E-state index in [1.54, 1.807) is 30.5 Å². The number of benzene rings is 2. The summed E-state index contributed by atoms with van der Waals surface area (Å²) in [5.74, 6) is -0.323. The van der Waals surface area contributed by atoms with Crippen molar-refractivity contribution in [2.45, 2.75) is 6.61 Å². The number of nitrogens with zero attached hydrogens (tertiary/aromatic N) is 1. The average molecular weight is 343 g/mol. The highest BCUT2D eigenvalue weighted by atomic mass is 79.9. The van der Waals surface area contributed by atoms with Gasteiger partial charge in [0.15, 0.2) is 0 Å². The Morgan fingerprint density at radius 1 is 1.21 bits per heavy atom. The molecule has 0 saturated heterocycles. The molecule has 2 rings (SSSR count). The summed E-state index contributed by atoms with van der Waals surface area (Å²) in [6, 6.07) is 11.9. The minimum atomic E-state index is -0.323. The zero-order valence-corrected chi connectivity index (χ0v) is 12.2. The zero-order valence-electron chi connectivity index (χ0n) is 9.82. The van der Waals surface area contributed by atoms with Crippen LogP contribution in [0.25, 0.3) is 0 Å². The molecule has 0 atom stereocenters. The van der Waals surface area contributed by atoms with E-state index in [2.05, 4.69) is 21.1 Å². The number of hydrogen-bond acceptors (Lipinski definition) is 2. The minimum Gasteiger partial charge on any atom is -0.391 e. The topological polar surface area (TPSA) is 21.6 Å². The summed E-state index contributed by atoms with van der Waals surface area (Å²) in [5.41, 5.74) is 1.32. The molecule has 0 unspecified atom stereocenters. The quantitative estimate of drug-likeness (QED) is 0.578. The van der Waals surface area contributed by atoms with Crippen LogP contribution < -0.4 is 0 Å². The summed E-state index contributed by atoms with van der Waals surface area (Å²) in [6.07, 6.45) is 1.55. The highest BCUT2D eigenvalue weighted by Crippen LogP contribution is 2.16. The Hall–Kier alpha value is -1.39. The van der Waals surface area contributed by atoms with E-state index in [0.29, 0.717) is 15.1 Å². The summed E-state index contributed by atoms with van der Waals surface area (Å²) in [6.45, 7) is 0.0865. The van der Waals surface area contributed by atoms with Gasteiger partial charge in [0.2, 0.25) is 0 Å². The van der Waals surface area contributed by atoms with Crippen molar-refractivity contribution in [3.05, 3.63) is 68.9 Å². The third-order valence-corrected chi connectivity index (χ3v) is 3.13. The second kappa shape index (κ2) is 6.68. The molecule has 0 fully saturated rings. The van der Waals surface area contributed by atoms with Gasteiger partial charge in [-0.2, -0.15) is 0 Å². The predicted molar refractivity (Wildman–Crippen MR) is 77.9 cm³/mol. The third kappa shape index (κ3) is 4.33. The Bertz CT molecular complexity index is 586. The molecule has 0 saturated carbocycles. The maximum Gasteiger partial charge on any atom is 0.145 e. The Labute approximate surface area is 124 Å². The predicted octanol–water partition coefficient (Wildman–Crippen LogP) is 4.79. The molecule has 0 aliphatic carbocycles. The van der Waals surface area contributed by atoms with Crippen LogP contribution in [0.1, 0.15) is 11.1 Å². The Morgan fingerprint density at radius 2 is 1.95 bits per heavy atom. The van der Waals surface area contributed by atoms with E-state index in [9.17, 15) is 4.39 Å². The van der Waals surface area contributed by atoms with E-state index in [4.69, 9.17) is 16.4 Å². The molecule has 0 aliphatic rings. The molecule has 0 bridgehead atoms. The van der Waals surface area contributed by atoms with Gasteiger partial charge in [-0.25, -0.2) is 4.39 Å². The summed E-state index contributed by atoms with van der Waals surface area (Å²) in [4.78, 5) is 5.06. The maximum absolute atomic E-state index is 13.5. The zero-order chi connectivity index (χ0) is 13.7. The molecule has 0 heterocycles. The summed E-state index contributed by atoms with van der Waals surface area (Å²) < 4.78 is 14.2. The monoisotopic (exact) mass is 341 g/mol. The standard InChI is InChI=1S/C14H10BrClFNO/c15-12-4-3-11(14(17)7-12)9-19-18-8-10-1-5-13(16)6-2-10/h1-8H,9H2/b18-8+. The number of hydrogen-bond donors (Lipinski definition) is 0. The SMILES string of the molecule is Fc1cc(Br)ccc1CO/N=C/c1ccc(Cl)cc1. The first-order chi connectivity index (χ1) is 9.15. The lowest BCUT2D eigenvalue weighted by atomic mass is 10.2. The lowest BCUT2D eigenvalue weighted by Crippen LogP contribution is -1.92. The maximum atomic E-state index is 13.5. The molecular formula is C14H10BrClFNO. The molecule has 0 radical (unpaired) electrons. The van der Waals surface area contributed by atoms with Crippen LogP contribution in [0.3, 0.4) is 0 Å². The molecule has 0 aliphatic heterocycles. The van der Waals surface area contributed by atoms with Crippen LogP contribution in [-0.2, 0) is 11.4 Å². The van der Waals surface area contributed by atoms with Gasteiger partial charge < -0.3 is 4.84 Å². The molecule has 2 aromatic carbocycles. The van der Waals surface area contributed by atoms with Crippen molar-refractivity contribution in [1.82, 2.24) is 0 Å². The van der Waals surface area contributed by atoms with E-state index in [1.807, 2.05) is 12.1 Å². The van der Waals surface area contributed by atoms with E-state index < -0.39 is 0 Å². The van der Waals surface area contributed by atoms with Crippen LogP contribution in [0.4, 0.5) is 4.39 Å². The summed E-state index contributed by atoms with van der Waals surface area (Å²) >= 11 is 8.96. The fraction of sp³-hybridized carbons (Fsp3) is 0.0714. The summed E-state index contributed by atoms with van der Waals surface area (Å²) in [5, 5.41) is 4.45. The molecule has 0 spiro atoms. The van der Waals surface area contributed by atoms with Gasteiger partial charge in [-0.15, -0.1) is 0 Å². The Morgan fingerprint density at radius 3 is 2.63 bits per heavy atom. The van der Waals surface area contributed by atoms with Gasteiger partial charge in [0.25, 0.3) is 0 Å². The fourth-order valence-electron chi connectivity index (χ4n) is 1.39. The van der Waals surface area contributed by atoms with E-state index in [-0.39, 0.29) is 12.4 Å². The van der Waals surface area contributed by atoms with Crippen molar-refractivity contribution < 1.29 is 9.23 Å². The first-order valence-corrected chi connectivity index (χ1v) is 6.67. The van der Waals surface area contributed by atoms with E-state index in [1.165, 1.54) is 6.07 Å². The van der Waals surface area contributed by atoms with Gasteiger partial charge in [-0.05, 0) is 29.8 Å². The van der Waals surface area contributed by atoms with Crippen molar-refractivity contribution in [3.8, 4) is 0 Å². The molecular weight excluding hydrogens is 333 g/mol. The molecule has 0 aromatic heterocycles. The molecule has 5 heteroatoms. The van der Waals surface area contributed by atoms with Crippen molar-refractivity contribution in [1.29, 1.82) is 0 Å². The van der Waals surface area contributed by atoms with Crippen molar-refractivity contribution >= 4 is 33.7 Å². The normalized spacial score (nSPS) is 10.9.